The zero-order valence-electron chi connectivity index (χ0n) is 28.3. The molecule has 0 N–H and O–H groups in total. The monoisotopic (exact) mass is 829 g/mol. The summed E-state index contributed by atoms with van der Waals surface area (Å²) in [6.07, 6.45) is 12.4. The number of aryl methyl sites for hydroxylation is 2. The molecule has 7 aromatic rings. The van der Waals surface area contributed by atoms with Gasteiger partial charge in [0.1, 0.15) is 11.6 Å². The molecule has 0 bridgehead atoms. The quantitative estimate of drug-likeness (QED) is 0.122. The summed E-state index contributed by atoms with van der Waals surface area (Å²) in [5.74, 6) is 1.20. The predicted molar refractivity (Wildman–Crippen MR) is 192 cm³/mol. The van der Waals surface area contributed by atoms with Crippen molar-refractivity contribution in [1.29, 1.82) is 0 Å². The van der Waals surface area contributed by atoms with Crippen LogP contribution in [0.3, 0.4) is 0 Å². The Labute approximate surface area is 302 Å². The fourth-order valence-corrected chi connectivity index (χ4v) is 6.79. The van der Waals surface area contributed by atoms with Gasteiger partial charge in [-0.15, -0.1) is 35.7 Å². The minimum Gasteiger partial charge on any atom is -0.509 e. The van der Waals surface area contributed by atoms with E-state index in [0.29, 0.717) is 17.3 Å². The van der Waals surface area contributed by atoms with Gasteiger partial charge in [0.15, 0.2) is 0 Å². The number of pyridine rings is 1. The molecule has 0 saturated carbocycles. The van der Waals surface area contributed by atoms with Gasteiger partial charge in [-0.05, 0) is 90.6 Å². The number of unbranched alkanes of at least 4 members (excludes halogenated alkanes) is 2. The molecule has 0 radical (unpaired) electrons. The molecule has 3 heterocycles. The summed E-state index contributed by atoms with van der Waals surface area (Å²) >= 11 is 0. The Morgan fingerprint density at radius 2 is 1.53 bits per heavy atom. The van der Waals surface area contributed by atoms with Crippen LogP contribution < -0.4 is 4.74 Å². The molecular weight excluding hydrogens is 791 g/mol. The molecule has 7 heteroatoms. The maximum absolute atomic E-state index is 14.3. The minimum absolute atomic E-state index is 0. The van der Waals surface area contributed by atoms with E-state index in [4.69, 9.17) is 9.84 Å². The van der Waals surface area contributed by atoms with Gasteiger partial charge in [-0.2, -0.15) is 17.2 Å². The van der Waals surface area contributed by atoms with E-state index in [9.17, 15) is 4.39 Å². The maximum atomic E-state index is 14.3. The van der Waals surface area contributed by atoms with Gasteiger partial charge in [0, 0.05) is 41.0 Å². The topological polar surface area (TPSA) is 44.9 Å². The Bertz CT molecular complexity index is 2220. The van der Waals surface area contributed by atoms with E-state index in [2.05, 4.69) is 63.1 Å². The number of halogens is 1. The number of benzene rings is 4. The normalized spacial score (nSPS) is 11.3. The fourth-order valence-electron chi connectivity index (χ4n) is 6.79. The van der Waals surface area contributed by atoms with Crippen LogP contribution in [-0.4, -0.2) is 19.3 Å². The molecule has 4 aromatic carbocycles. The first kappa shape index (κ1) is 34.3. The molecule has 7 rings (SSSR count). The summed E-state index contributed by atoms with van der Waals surface area (Å²) in [5, 5.41) is 6.82. The van der Waals surface area contributed by atoms with Crippen LogP contribution >= 0.6 is 0 Å². The molecule has 0 aliphatic carbocycles. The minimum atomic E-state index is -0.349. The van der Waals surface area contributed by atoms with Crippen molar-refractivity contribution >= 4 is 21.8 Å². The van der Waals surface area contributed by atoms with Crippen molar-refractivity contribution in [2.24, 2.45) is 0 Å². The summed E-state index contributed by atoms with van der Waals surface area (Å²) in [4.78, 5) is 4.46. The van der Waals surface area contributed by atoms with Crippen molar-refractivity contribution in [2.75, 3.05) is 0 Å². The molecule has 5 nitrogen and oxygen atoms in total. The van der Waals surface area contributed by atoms with Crippen LogP contribution in [0.25, 0.3) is 44.4 Å². The summed E-state index contributed by atoms with van der Waals surface area (Å²) < 4.78 is 24.4. The molecule has 0 saturated heterocycles. The van der Waals surface area contributed by atoms with Gasteiger partial charge in [-0.1, -0.05) is 56.5 Å². The maximum Gasteiger partial charge on any atom is 2.00 e. The van der Waals surface area contributed by atoms with E-state index >= 15 is 0 Å². The van der Waals surface area contributed by atoms with E-state index in [1.807, 2.05) is 64.0 Å². The van der Waals surface area contributed by atoms with Crippen LogP contribution in [0.2, 0.25) is 0 Å². The molecule has 0 aliphatic rings. The molecule has 0 unspecified atom stereocenters. The van der Waals surface area contributed by atoms with Crippen LogP contribution in [0.4, 0.5) is 4.39 Å². The first-order valence-electron chi connectivity index (χ1n) is 16.9. The van der Waals surface area contributed by atoms with Gasteiger partial charge in [0.2, 0.25) is 0 Å². The molecule has 49 heavy (non-hydrogen) atoms. The van der Waals surface area contributed by atoms with Crippen LogP contribution in [0.5, 0.6) is 11.5 Å². The Kier molecular flexibility index (Phi) is 10.5. The summed E-state index contributed by atoms with van der Waals surface area (Å²) in [6.45, 7) is 8.99. The third-order valence-corrected chi connectivity index (χ3v) is 9.13. The van der Waals surface area contributed by atoms with E-state index in [1.165, 1.54) is 46.1 Å². The summed E-state index contributed by atoms with van der Waals surface area (Å²) in [6, 6.07) is 29.7. The smallest absolute Gasteiger partial charge is 0.509 e. The van der Waals surface area contributed by atoms with Crippen molar-refractivity contribution in [3.05, 3.63) is 132 Å². The SMILES string of the molecule is CCCCc1c(C)cc(C)c(CCCC)c1-c1cnn(-c2[c-]c(Oc3[c-]c4c(cc3)c3ccccc3n4-c3cc(F)ccn3)ccc2)c1.[Pt+2]. The van der Waals surface area contributed by atoms with Crippen molar-refractivity contribution in [1.82, 2.24) is 19.3 Å². The fraction of sp³-hybridized carbons (Fsp3) is 0.238. The van der Waals surface area contributed by atoms with E-state index in [0.717, 1.165) is 71.6 Å². The Balaban J connectivity index is 0.00000417. The van der Waals surface area contributed by atoms with Gasteiger partial charge in [-0.3, -0.25) is 4.68 Å². The predicted octanol–water partition coefficient (Wildman–Crippen LogP) is 10.9. The number of hydrogen-bond donors (Lipinski definition) is 0. The molecule has 0 amide bonds. The number of ether oxygens (including phenoxy) is 1. The van der Waals surface area contributed by atoms with E-state index in [1.54, 1.807) is 0 Å². The standard InChI is InChI=1S/C42H39FN4O.Pt/c1-5-7-14-35-28(3)22-29(4)36(15-8-6-2)42(35)30-26-45-46(27-30)32-12-11-13-33(24-32)48-34-18-19-38-37-16-9-10-17-39(37)47(40(38)25-34)41-23-31(43)20-21-44-41;/h9-13,16-23,26-27H,5-8,14-15H2,1-4H3;/q-2;+2. The van der Waals surface area contributed by atoms with Crippen LogP contribution in [0.15, 0.2) is 91.4 Å². The van der Waals surface area contributed by atoms with Gasteiger partial charge < -0.3 is 9.30 Å². The van der Waals surface area contributed by atoms with Crippen molar-refractivity contribution in [3.8, 4) is 34.1 Å². The molecule has 0 atom stereocenters. The van der Waals surface area contributed by atoms with Crippen molar-refractivity contribution < 1.29 is 30.2 Å². The van der Waals surface area contributed by atoms with Crippen LogP contribution in [0.1, 0.15) is 61.8 Å². The van der Waals surface area contributed by atoms with Gasteiger partial charge >= 0.3 is 21.1 Å². The number of nitrogens with zero attached hydrogens (tertiary/aromatic N) is 4. The largest absolute Gasteiger partial charge is 2.00 e. The van der Waals surface area contributed by atoms with Crippen molar-refractivity contribution in [3.63, 3.8) is 0 Å². The second kappa shape index (κ2) is 14.9. The first-order chi connectivity index (χ1) is 23.4. The number of hydrogen-bond acceptors (Lipinski definition) is 3. The van der Waals surface area contributed by atoms with Crippen molar-refractivity contribution in [2.45, 2.75) is 66.2 Å². The molecular formula is C42H39FN4OPt. The zero-order valence-corrected chi connectivity index (χ0v) is 30.6. The van der Waals surface area contributed by atoms with Crippen LogP contribution in [-0.2, 0) is 33.9 Å². The number of rotatable bonds is 11. The van der Waals surface area contributed by atoms with Gasteiger partial charge in [0.05, 0.1) is 6.20 Å². The zero-order chi connectivity index (χ0) is 33.2. The third kappa shape index (κ3) is 6.85. The average Bonchev–Trinajstić information content (AvgIpc) is 3.70. The Hall–Kier alpha value is -4.54. The van der Waals surface area contributed by atoms with Gasteiger partial charge in [0.25, 0.3) is 0 Å². The summed E-state index contributed by atoms with van der Waals surface area (Å²) in [5.41, 5.74) is 10.5. The second-order valence-corrected chi connectivity index (χ2v) is 12.5. The van der Waals surface area contributed by atoms with Crippen LogP contribution in [0, 0.1) is 31.8 Å². The van der Waals surface area contributed by atoms with E-state index in [-0.39, 0.29) is 26.9 Å². The number of fused-ring (bicyclic) bond motifs is 3. The molecule has 0 aliphatic heterocycles. The summed E-state index contributed by atoms with van der Waals surface area (Å²) in [7, 11) is 0. The third-order valence-electron chi connectivity index (χ3n) is 9.13. The number of para-hydroxylation sites is 1. The molecule has 0 fully saturated rings. The average molecular weight is 830 g/mol. The molecule has 3 aromatic heterocycles. The number of aromatic nitrogens is 4. The second-order valence-electron chi connectivity index (χ2n) is 12.5. The Morgan fingerprint density at radius 3 is 2.27 bits per heavy atom. The molecule has 0 spiro atoms. The molecule has 250 valence electrons. The van der Waals surface area contributed by atoms with Gasteiger partial charge in [-0.25, -0.2) is 9.37 Å². The first-order valence-corrected chi connectivity index (χ1v) is 16.9. The Morgan fingerprint density at radius 1 is 0.796 bits per heavy atom. The van der Waals surface area contributed by atoms with E-state index < -0.39 is 0 Å².